The zero-order valence-corrected chi connectivity index (χ0v) is 47.6. The molecule has 5 heteroatoms. The van der Waals surface area contributed by atoms with Crippen molar-refractivity contribution in [3.8, 4) is 28.5 Å². The summed E-state index contributed by atoms with van der Waals surface area (Å²) < 4.78 is 2.36. The van der Waals surface area contributed by atoms with Crippen LogP contribution in [0.25, 0.3) is 50.3 Å². The number of hydrogen-bond acceptors (Lipinski definition) is 2. The maximum absolute atomic E-state index is 5.84. The summed E-state index contributed by atoms with van der Waals surface area (Å²) >= 11 is 0. The van der Waals surface area contributed by atoms with E-state index in [2.05, 4.69) is 326 Å². The highest BCUT2D eigenvalue weighted by atomic mass is 28.3. The Morgan fingerprint density at radius 2 is 0.614 bits per heavy atom. The lowest BCUT2D eigenvalue weighted by atomic mass is 9.60. The number of rotatable bonds is 11. The van der Waals surface area contributed by atoms with Gasteiger partial charge in [-0.2, -0.15) is 0 Å². The fourth-order valence-electron chi connectivity index (χ4n) is 14.7. The molecule has 12 aromatic carbocycles. The Kier molecular flexibility index (Phi) is 11.7. The third-order valence-electron chi connectivity index (χ3n) is 18.1. The molecule has 0 saturated carbocycles. The van der Waals surface area contributed by atoms with Crippen LogP contribution in [0.2, 0.25) is 0 Å². The Morgan fingerprint density at radius 1 is 0.265 bits per heavy atom. The smallest absolute Gasteiger partial charge is 0.235 e. The molecule has 0 fully saturated rings. The predicted octanol–water partition coefficient (Wildman–Crippen LogP) is 12.6. The van der Waals surface area contributed by atoms with E-state index in [4.69, 9.17) is 9.97 Å². The normalized spacial score (nSPS) is 14.3. The van der Waals surface area contributed by atoms with Crippen LogP contribution in [0.4, 0.5) is 0 Å². The van der Waals surface area contributed by atoms with Crippen molar-refractivity contribution in [3.63, 3.8) is 0 Å². The molecule has 0 atom stereocenters. The van der Waals surface area contributed by atoms with Gasteiger partial charge in [-0.3, -0.25) is 4.57 Å². The van der Waals surface area contributed by atoms with Gasteiger partial charge in [0.15, 0.2) is 16.1 Å². The third-order valence-corrected chi connectivity index (χ3v) is 27.6. The van der Waals surface area contributed by atoms with E-state index in [0.717, 1.165) is 33.5 Å². The van der Waals surface area contributed by atoms with Gasteiger partial charge in [0.2, 0.25) is 5.95 Å². The SMILES string of the molecule is c1ccc([Si](c2ccccc2)(c2ccccc2)c2cccc(-c3cc(-c4cccc([Si](c5ccccc5)(c5ccccc5)c5ccccc5)c4)nc(-n4c5ccccc5c5c6c(ccc54)C4c5ccccc5C6c5ccccc54)n3)c2)cc1. The van der Waals surface area contributed by atoms with Gasteiger partial charge >= 0.3 is 0 Å². The summed E-state index contributed by atoms with van der Waals surface area (Å²) in [4.78, 5) is 11.7. The van der Waals surface area contributed by atoms with Gasteiger partial charge in [-0.15, -0.1) is 0 Å². The maximum Gasteiger partial charge on any atom is 0.235 e. The van der Waals surface area contributed by atoms with Crippen LogP contribution in [0.1, 0.15) is 45.2 Å². The first-order valence-corrected chi connectivity index (χ1v) is 32.9. The van der Waals surface area contributed by atoms with Crippen LogP contribution in [-0.4, -0.2) is 30.7 Å². The second-order valence-corrected chi connectivity index (χ2v) is 29.9. The molecule has 2 bridgehead atoms. The highest BCUT2D eigenvalue weighted by Crippen LogP contribution is 2.58. The van der Waals surface area contributed by atoms with E-state index in [0.29, 0.717) is 5.95 Å². The minimum Gasteiger partial charge on any atom is -0.278 e. The van der Waals surface area contributed by atoms with E-state index in [-0.39, 0.29) is 11.8 Å². The van der Waals surface area contributed by atoms with Crippen LogP contribution < -0.4 is 41.5 Å². The first-order valence-electron chi connectivity index (χ1n) is 28.9. The number of benzene rings is 12. The number of nitrogens with zero attached hydrogens (tertiary/aromatic N) is 3. The van der Waals surface area contributed by atoms with Gasteiger partial charge < -0.3 is 0 Å². The number of hydrogen-bond donors (Lipinski definition) is 0. The molecule has 17 rings (SSSR count). The Morgan fingerprint density at radius 3 is 1.02 bits per heavy atom. The van der Waals surface area contributed by atoms with Crippen molar-refractivity contribution in [2.24, 2.45) is 0 Å². The first kappa shape index (κ1) is 48.8. The van der Waals surface area contributed by atoms with Gasteiger partial charge in [0.1, 0.15) is 0 Å². The second kappa shape index (κ2) is 19.9. The van der Waals surface area contributed by atoms with Gasteiger partial charge in [0.25, 0.3) is 0 Å². The standard InChI is InChI=1S/C78H55N3Si2/c1-7-29-56(30-8-1)82(57-31-9-2-10-32-57,58-33-11-3-12-34-58)62-41-25-27-54(51-62)70-53-71(55-28-26-42-63(52-55)83(59-35-13-4-14-36-59,60-37-15-5-16-38-60)61-39-17-6-18-40-61)80-78(79-70)81-72-48-24-23-47-68(72)76-73(81)50-49-69-74-64-43-19-21-45-66(64)75(77(69)76)67-46-22-20-44-65(67)74/h1-53,74-75H. The number of fused-ring (bicyclic) bond motifs is 3. The molecule has 0 aliphatic heterocycles. The molecule has 0 N–H and O–H groups in total. The zero-order valence-electron chi connectivity index (χ0n) is 45.6. The van der Waals surface area contributed by atoms with Crippen LogP contribution in [0.3, 0.4) is 0 Å². The average molecular weight is 1090 g/mol. The van der Waals surface area contributed by atoms with E-state index >= 15 is 0 Å². The summed E-state index contributed by atoms with van der Waals surface area (Å²) in [5, 5.41) is 13.0. The topological polar surface area (TPSA) is 30.7 Å². The Hall–Kier alpha value is -10.0. The van der Waals surface area contributed by atoms with Gasteiger partial charge in [-0.05, 0) is 93.1 Å². The van der Waals surface area contributed by atoms with E-state index in [1.54, 1.807) is 0 Å². The molecule has 3 aliphatic rings. The lowest BCUT2D eigenvalue weighted by Crippen LogP contribution is -2.74. The van der Waals surface area contributed by atoms with Crippen LogP contribution in [0.5, 0.6) is 0 Å². The molecule has 0 radical (unpaired) electrons. The fourth-order valence-corrected chi connectivity index (χ4v) is 24.3. The fraction of sp³-hybridized carbons (Fsp3) is 0.0256. The largest absolute Gasteiger partial charge is 0.278 e. The van der Waals surface area contributed by atoms with Crippen LogP contribution >= 0.6 is 0 Å². The minimum atomic E-state index is -2.92. The molecule has 2 heterocycles. The van der Waals surface area contributed by atoms with Crippen molar-refractivity contribution >= 4 is 79.4 Å². The molecule has 14 aromatic rings. The Bertz CT molecular complexity index is 4310. The molecule has 3 nitrogen and oxygen atoms in total. The summed E-state index contributed by atoms with van der Waals surface area (Å²) in [7, 11) is -5.84. The van der Waals surface area contributed by atoms with Gasteiger partial charge in [0.05, 0.1) is 22.4 Å². The van der Waals surface area contributed by atoms with Crippen LogP contribution in [0.15, 0.2) is 322 Å². The summed E-state index contributed by atoms with van der Waals surface area (Å²) in [6.07, 6.45) is 0. The molecule has 0 unspecified atom stereocenters. The zero-order chi connectivity index (χ0) is 54.9. The van der Waals surface area contributed by atoms with Crippen LogP contribution in [0, 0.1) is 0 Å². The van der Waals surface area contributed by atoms with Gasteiger partial charge in [-0.1, -0.05) is 303 Å². The molecule has 3 aliphatic carbocycles. The lowest BCUT2D eigenvalue weighted by molar-refractivity contribution is 0.761. The predicted molar refractivity (Wildman–Crippen MR) is 349 cm³/mol. The summed E-state index contributed by atoms with van der Waals surface area (Å²) in [6, 6.07) is 120. The average Bonchev–Trinajstić information content (AvgIpc) is 2.12. The molecule has 0 amide bonds. The first-order chi connectivity index (χ1) is 41.2. The van der Waals surface area contributed by atoms with E-state index in [1.807, 2.05) is 0 Å². The molecular weight excluding hydrogens is 1040 g/mol. The molecule has 0 saturated heterocycles. The highest BCUT2D eigenvalue weighted by Gasteiger charge is 2.45. The summed E-state index contributed by atoms with van der Waals surface area (Å²) in [5.41, 5.74) is 14.4. The van der Waals surface area contributed by atoms with Crippen molar-refractivity contribution in [1.82, 2.24) is 14.5 Å². The highest BCUT2D eigenvalue weighted by molar-refractivity contribution is 7.20. The van der Waals surface area contributed by atoms with Crippen LogP contribution in [-0.2, 0) is 0 Å². The van der Waals surface area contributed by atoms with Gasteiger partial charge in [0, 0.05) is 33.7 Å². The minimum absolute atomic E-state index is 0.0882. The number of aromatic nitrogens is 3. The van der Waals surface area contributed by atoms with Crippen molar-refractivity contribution in [2.45, 2.75) is 11.8 Å². The molecule has 2 aromatic heterocycles. The van der Waals surface area contributed by atoms with E-state index in [1.165, 1.54) is 85.6 Å². The van der Waals surface area contributed by atoms with Crippen molar-refractivity contribution in [3.05, 3.63) is 355 Å². The lowest BCUT2D eigenvalue weighted by Gasteiger charge is -2.42. The number of para-hydroxylation sites is 1. The van der Waals surface area contributed by atoms with Gasteiger partial charge in [-0.25, -0.2) is 9.97 Å². The van der Waals surface area contributed by atoms with E-state index < -0.39 is 16.1 Å². The molecule has 0 spiro atoms. The summed E-state index contributed by atoms with van der Waals surface area (Å²) in [6.45, 7) is 0. The third kappa shape index (κ3) is 7.55. The van der Waals surface area contributed by atoms with E-state index in [9.17, 15) is 0 Å². The Labute approximate surface area is 486 Å². The Balaban J connectivity index is 0.969. The maximum atomic E-state index is 5.84. The molecule has 390 valence electrons. The van der Waals surface area contributed by atoms with Crippen molar-refractivity contribution < 1.29 is 0 Å². The summed E-state index contributed by atoms with van der Waals surface area (Å²) in [5.74, 6) is 0.873. The molecular formula is C78H55N3Si2. The van der Waals surface area contributed by atoms with Crippen molar-refractivity contribution in [2.75, 3.05) is 0 Å². The second-order valence-electron chi connectivity index (χ2n) is 22.2. The molecule has 83 heavy (non-hydrogen) atoms. The van der Waals surface area contributed by atoms with Crippen molar-refractivity contribution in [1.29, 1.82) is 0 Å². The monoisotopic (exact) mass is 1090 g/mol. The quantitative estimate of drug-likeness (QED) is 0.0955.